The van der Waals surface area contributed by atoms with Crippen LogP contribution in [0.1, 0.15) is 57.8 Å². The molecule has 128 valence electrons. The molecule has 3 rings (SSSR count). The van der Waals surface area contributed by atoms with Crippen molar-refractivity contribution in [2.45, 2.75) is 68.7 Å². The third kappa shape index (κ3) is 4.23. The molecule has 0 aromatic carbocycles. The van der Waals surface area contributed by atoms with Crippen molar-refractivity contribution < 1.29 is 13.4 Å². The number of H-pyrrole nitrogens is 1. The van der Waals surface area contributed by atoms with Crippen molar-refractivity contribution in [3.05, 3.63) is 18.3 Å². The summed E-state index contributed by atoms with van der Waals surface area (Å²) in [4.78, 5) is 3.50. The van der Waals surface area contributed by atoms with Crippen LogP contribution in [0, 0.1) is 0 Å². The van der Waals surface area contributed by atoms with Crippen molar-refractivity contribution >= 4 is 15.8 Å². The zero-order valence-corrected chi connectivity index (χ0v) is 14.6. The molecule has 2 heterocycles. The van der Waals surface area contributed by atoms with Gasteiger partial charge >= 0.3 is 0 Å². The molecule has 0 radical (unpaired) electrons. The van der Waals surface area contributed by atoms with E-state index in [0.29, 0.717) is 24.0 Å². The molecule has 0 unspecified atom stereocenters. The molecule has 1 aliphatic carbocycles. The Balaban J connectivity index is 1.66. The Labute approximate surface area is 139 Å². The van der Waals surface area contributed by atoms with E-state index >= 15 is 0 Å². The first-order valence-electron chi connectivity index (χ1n) is 8.95. The van der Waals surface area contributed by atoms with Gasteiger partial charge in [0.25, 0.3) is 5.82 Å². The summed E-state index contributed by atoms with van der Waals surface area (Å²) in [5, 5.41) is 3.52. The number of rotatable bonds is 4. The fourth-order valence-electron chi connectivity index (χ4n) is 3.56. The van der Waals surface area contributed by atoms with E-state index in [4.69, 9.17) is 0 Å². The summed E-state index contributed by atoms with van der Waals surface area (Å²) in [5.41, 5.74) is 0. The maximum absolute atomic E-state index is 12.6. The lowest BCUT2D eigenvalue weighted by Crippen LogP contribution is -2.36. The van der Waals surface area contributed by atoms with Gasteiger partial charge in [0, 0.05) is 19.2 Å². The topological polar surface area (TPSA) is 63.6 Å². The van der Waals surface area contributed by atoms with Crippen LogP contribution >= 0.6 is 0 Å². The van der Waals surface area contributed by atoms with E-state index in [9.17, 15) is 8.42 Å². The highest BCUT2D eigenvalue weighted by Gasteiger charge is 2.27. The van der Waals surface area contributed by atoms with E-state index in [0.717, 1.165) is 25.1 Å². The monoisotopic (exact) mass is 338 g/mol. The lowest BCUT2D eigenvalue weighted by Gasteiger charge is -2.25. The second-order valence-corrected chi connectivity index (χ2v) is 8.67. The SMILES string of the molecule is O=S(=O)(c1ccc(NC2CCCCCC2)[nH+]c1)N1CCCCC1. The normalized spacial score (nSPS) is 21.7. The van der Waals surface area contributed by atoms with Gasteiger partial charge in [-0.2, -0.15) is 4.31 Å². The number of aromatic nitrogens is 1. The molecule has 2 N–H and O–H groups in total. The fraction of sp³-hybridized carbons (Fsp3) is 0.706. The molecule has 0 bridgehead atoms. The predicted octanol–water partition coefficient (Wildman–Crippen LogP) is 2.81. The molecule has 0 spiro atoms. The summed E-state index contributed by atoms with van der Waals surface area (Å²) < 4.78 is 26.8. The van der Waals surface area contributed by atoms with Crippen molar-refractivity contribution in [3.63, 3.8) is 0 Å². The quantitative estimate of drug-likeness (QED) is 0.859. The number of hydrogen-bond donors (Lipinski definition) is 1. The van der Waals surface area contributed by atoms with Crippen LogP contribution in [0.3, 0.4) is 0 Å². The first kappa shape index (κ1) is 16.7. The van der Waals surface area contributed by atoms with Crippen LogP contribution in [0.5, 0.6) is 0 Å². The molecule has 1 saturated carbocycles. The molecular weight excluding hydrogens is 310 g/mol. The minimum Gasteiger partial charge on any atom is -0.272 e. The third-order valence-electron chi connectivity index (χ3n) is 4.95. The number of hydrogen-bond acceptors (Lipinski definition) is 3. The van der Waals surface area contributed by atoms with E-state index < -0.39 is 10.0 Å². The molecule has 1 aromatic rings. The van der Waals surface area contributed by atoms with Crippen LogP contribution in [-0.2, 0) is 10.0 Å². The summed E-state index contributed by atoms with van der Waals surface area (Å²) in [7, 11) is -3.34. The van der Waals surface area contributed by atoms with Gasteiger partial charge in [-0.05, 0) is 44.6 Å². The number of aromatic amines is 1. The summed E-state index contributed by atoms with van der Waals surface area (Å²) in [6.45, 7) is 1.29. The Kier molecular flexibility index (Phi) is 5.54. The van der Waals surface area contributed by atoms with Gasteiger partial charge in [0.1, 0.15) is 11.1 Å². The minimum atomic E-state index is -3.34. The van der Waals surface area contributed by atoms with Crippen LogP contribution in [0.25, 0.3) is 0 Å². The molecule has 1 aliphatic heterocycles. The Morgan fingerprint density at radius 2 is 1.61 bits per heavy atom. The van der Waals surface area contributed by atoms with Gasteiger partial charge in [-0.3, -0.25) is 5.32 Å². The molecule has 5 nitrogen and oxygen atoms in total. The Morgan fingerprint density at radius 3 is 2.22 bits per heavy atom. The minimum absolute atomic E-state index is 0.366. The highest BCUT2D eigenvalue weighted by atomic mass is 32.2. The molecule has 2 aliphatic rings. The van der Waals surface area contributed by atoms with Crippen LogP contribution in [0.15, 0.2) is 23.2 Å². The van der Waals surface area contributed by atoms with E-state index in [2.05, 4.69) is 10.3 Å². The first-order valence-corrected chi connectivity index (χ1v) is 10.4. The summed E-state index contributed by atoms with van der Waals surface area (Å²) >= 11 is 0. The molecule has 2 fully saturated rings. The van der Waals surface area contributed by atoms with E-state index in [1.165, 1.54) is 38.5 Å². The molecule has 23 heavy (non-hydrogen) atoms. The van der Waals surface area contributed by atoms with Crippen molar-refractivity contribution in [3.8, 4) is 0 Å². The van der Waals surface area contributed by atoms with Gasteiger partial charge in [0.05, 0.1) is 6.04 Å². The van der Waals surface area contributed by atoms with Crippen molar-refractivity contribution in [2.75, 3.05) is 18.4 Å². The molecular formula is C17H28N3O2S+. The molecule has 1 aromatic heterocycles. The van der Waals surface area contributed by atoms with Gasteiger partial charge < -0.3 is 0 Å². The second kappa shape index (κ2) is 7.62. The average molecular weight is 338 g/mol. The largest absolute Gasteiger partial charge is 0.272 e. The predicted molar refractivity (Wildman–Crippen MR) is 90.7 cm³/mol. The number of nitrogens with one attached hydrogen (secondary N) is 2. The summed E-state index contributed by atoms with van der Waals surface area (Å²) in [6.07, 6.45) is 12.3. The number of piperidine rings is 1. The first-order chi connectivity index (χ1) is 11.2. The number of pyridine rings is 1. The lowest BCUT2D eigenvalue weighted by molar-refractivity contribution is -0.364. The van der Waals surface area contributed by atoms with Gasteiger partial charge in [-0.25, -0.2) is 13.4 Å². The maximum Gasteiger partial charge on any atom is 0.272 e. The van der Waals surface area contributed by atoms with Crippen LogP contribution in [0.2, 0.25) is 0 Å². The van der Waals surface area contributed by atoms with Crippen LogP contribution in [0.4, 0.5) is 5.82 Å². The smallest absolute Gasteiger partial charge is 0.272 e. The van der Waals surface area contributed by atoms with Gasteiger partial charge in [-0.1, -0.05) is 19.3 Å². The molecule has 1 saturated heterocycles. The fourth-order valence-corrected chi connectivity index (χ4v) is 5.04. The van der Waals surface area contributed by atoms with E-state index in [-0.39, 0.29) is 0 Å². The average Bonchev–Trinajstić information content (AvgIpc) is 2.85. The highest BCUT2D eigenvalue weighted by Crippen LogP contribution is 2.22. The third-order valence-corrected chi connectivity index (χ3v) is 6.85. The number of nitrogens with zero attached hydrogens (tertiary/aromatic N) is 1. The zero-order valence-electron chi connectivity index (χ0n) is 13.8. The van der Waals surface area contributed by atoms with Crippen LogP contribution < -0.4 is 10.3 Å². The van der Waals surface area contributed by atoms with E-state index in [1.807, 2.05) is 6.07 Å². The molecule has 0 amide bonds. The Morgan fingerprint density at radius 1 is 0.957 bits per heavy atom. The lowest BCUT2D eigenvalue weighted by atomic mass is 10.1. The van der Waals surface area contributed by atoms with Gasteiger partial charge in [0.15, 0.2) is 0 Å². The molecule has 0 atom stereocenters. The summed E-state index contributed by atoms with van der Waals surface area (Å²) in [5.74, 6) is 0.912. The zero-order chi connectivity index (χ0) is 16.1. The maximum atomic E-state index is 12.6. The Bertz CT molecular complexity index is 587. The van der Waals surface area contributed by atoms with Crippen molar-refractivity contribution in [1.29, 1.82) is 0 Å². The number of sulfonamides is 1. The standard InChI is InChI=1S/C17H27N3O2S/c21-23(22,20-12-6-3-7-13-20)16-10-11-17(18-14-16)19-15-8-4-1-2-5-9-15/h10-11,14-15H,1-9,12-13H2,(H,18,19)/p+1. The van der Waals surface area contributed by atoms with E-state index in [1.54, 1.807) is 16.6 Å². The summed E-state index contributed by atoms with van der Waals surface area (Å²) in [6, 6.07) is 4.08. The van der Waals surface area contributed by atoms with Crippen molar-refractivity contribution in [1.82, 2.24) is 4.31 Å². The van der Waals surface area contributed by atoms with Gasteiger partial charge in [-0.15, -0.1) is 0 Å². The van der Waals surface area contributed by atoms with Crippen molar-refractivity contribution in [2.24, 2.45) is 0 Å². The highest BCUT2D eigenvalue weighted by molar-refractivity contribution is 7.89. The second-order valence-electron chi connectivity index (χ2n) is 6.74. The molecule has 6 heteroatoms. The van der Waals surface area contributed by atoms with Crippen LogP contribution in [-0.4, -0.2) is 31.9 Å². The van der Waals surface area contributed by atoms with Gasteiger partial charge in [0.2, 0.25) is 10.0 Å². The Hall–Kier alpha value is -1.14. The number of anilines is 1.